The highest BCUT2D eigenvalue weighted by molar-refractivity contribution is 5.82. The van der Waals surface area contributed by atoms with Gasteiger partial charge in [-0.3, -0.25) is 9.88 Å². The molecule has 1 saturated heterocycles. The number of nitrogens with zero attached hydrogens (tertiary/aromatic N) is 3. The zero-order chi connectivity index (χ0) is 21.4. The summed E-state index contributed by atoms with van der Waals surface area (Å²) in [5.41, 5.74) is 4.07. The van der Waals surface area contributed by atoms with E-state index >= 15 is 0 Å². The molecule has 1 N–H and O–H groups in total. The van der Waals surface area contributed by atoms with E-state index in [1.165, 1.54) is 12.1 Å². The van der Waals surface area contributed by atoms with Crippen molar-refractivity contribution in [1.82, 2.24) is 19.9 Å². The third kappa shape index (κ3) is 4.05. The molecule has 1 atom stereocenters. The summed E-state index contributed by atoms with van der Waals surface area (Å²) in [7, 11) is 0. The largest absolute Gasteiger partial charge is 0.416 e. The summed E-state index contributed by atoms with van der Waals surface area (Å²) in [6.45, 7) is 1.30. The molecule has 0 saturated carbocycles. The van der Waals surface area contributed by atoms with E-state index in [0.29, 0.717) is 12.1 Å². The molecule has 3 heterocycles. The highest BCUT2D eigenvalue weighted by Gasteiger charge is 2.32. The van der Waals surface area contributed by atoms with E-state index in [4.69, 9.17) is 4.98 Å². The van der Waals surface area contributed by atoms with Gasteiger partial charge in [0.05, 0.1) is 22.6 Å². The molecule has 0 amide bonds. The number of aromatic amines is 1. The Kier molecular flexibility index (Phi) is 4.98. The summed E-state index contributed by atoms with van der Waals surface area (Å²) >= 11 is 0. The number of benzene rings is 2. The molecule has 5 rings (SSSR count). The molecule has 2 aromatic heterocycles. The molecule has 1 aliphatic heterocycles. The molecule has 0 radical (unpaired) electrons. The van der Waals surface area contributed by atoms with E-state index in [1.807, 2.05) is 24.3 Å². The fourth-order valence-corrected chi connectivity index (χ4v) is 4.32. The van der Waals surface area contributed by atoms with Crippen LogP contribution in [0.1, 0.15) is 35.8 Å². The number of fused-ring (bicyclic) bond motifs is 1. The summed E-state index contributed by atoms with van der Waals surface area (Å²) in [5.74, 6) is 0.867. The number of aromatic nitrogens is 3. The Morgan fingerprint density at radius 1 is 1.00 bits per heavy atom. The predicted octanol–water partition coefficient (Wildman–Crippen LogP) is 5.98. The van der Waals surface area contributed by atoms with Gasteiger partial charge in [-0.1, -0.05) is 24.3 Å². The van der Waals surface area contributed by atoms with Crippen LogP contribution in [0.25, 0.3) is 22.2 Å². The standard InChI is InChI=1S/C24H21F3N4/c25-24(26,27)19-4-1-3-16(13-19)15-31-12-2-5-22(31)23-29-20-7-6-18(14-21(20)30-23)17-8-10-28-11-9-17/h1,3-4,6-11,13-14,22H,2,5,12,15H2,(H,29,30). The molecular weight excluding hydrogens is 401 g/mol. The van der Waals surface area contributed by atoms with Gasteiger partial charge >= 0.3 is 6.18 Å². The number of halogens is 3. The summed E-state index contributed by atoms with van der Waals surface area (Å²) in [6.07, 6.45) is 1.12. The van der Waals surface area contributed by atoms with E-state index in [9.17, 15) is 13.2 Å². The van der Waals surface area contributed by atoms with Crippen molar-refractivity contribution < 1.29 is 13.2 Å². The number of pyridine rings is 1. The number of hydrogen-bond acceptors (Lipinski definition) is 3. The average molecular weight is 422 g/mol. The van der Waals surface area contributed by atoms with E-state index in [0.717, 1.165) is 53.4 Å². The van der Waals surface area contributed by atoms with Crippen LogP contribution in [-0.4, -0.2) is 26.4 Å². The van der Waals surface area contributed by atoms with Gasteiger partial charge in [0.1, 0.15) is 5.82 Å². The number of imidazole rings is 1. The van der Waals surface area contributed by atoms with Crippen molar-refractivity contribution in [2.75, 3.05) is 6.54 Å². The molecular formula is C24H21F3N4. The first-order valence-electron chi connectivity index (χ1n) is 10.3. The maximum absolute atomic E-state index is 13.1. The lowest BCUT2D eigenvalue weighted by Gasteiger charge is -2.23. The van der Waals surface area contributed by atoms with Crippen LogP contribution in [0.2, 0.25) is 0 Å². The molecule has 4 aromatic rings. The van der Waals surface area contributed by atoms with Gasteiger partial charge in [-0.05, 0) is 66.4 Å². The van der Waals surface area contributed by atoms with Gasteiger partial charge in [-0.15, -0.1) is 0 Å². The van der Waals surface area contributed by atoms with Crippen LogP contribution in [0.5, 0.6) is 0 Å². The van der Waals surface area contributed by atoms with Crippen molar-refractivity contribution in [3.05, 3.63) is 83.9 Å². The van der Waals surface area contributed by atoms with Gasteiger partial charge in [0.25, 0.3) is 0 Å². The van der Waals surface area contributed by atoms with Gasteiger partial charge in [0.15, 0.2) is 0 Å². The third-order valence-electron chi connectivity index (χ3n) is 5.83. The number of hydrogen-bond donors (Lipinski definition) is 1. The van der Waals surface area contributed by atoms with E-state index in [-0.39, 0.29) is 6.04 Å². The Morgan fingerprint density at radius 3 is 2.65 bits per heavy atom. The first-order chi connectivity index (χ1) is 15.0. The quantitative estimate of drug-likeness (QED) is 0.440. The van der Waals surface area contributed by atoms with Crippen LogP contribution >= 0.6 is 0 Å². The second-order valence-electron chi connectivity index (χ2n) is 7.92. The molecule has 31 heavy (non-hydrogen) atoms. The van der Waals surface area contributed by atoms with E-state index in [2.05, 4.69) is 20.9 Å². The second-order valence-corrected chi connectivity index (χ2v) is 7.92. The third-order valence-corrected chi connectivity index (χ3v) is 5.83. The Bertz CT molecular complexity index is 1200. The molecule has 0 bridgehead atoms. The highest BCUT2D eigenvalue weighted by Crippen LogP contribution is 2.35. The fourth-order valence-electron chi connectivity index (χ4n) is 4.32. The van der Waals surface area contributed by atoms with Crippen molar-refractivity contribution in [1.29, 1.82) is 0 Å². The SMILES string of the molecule is FC(F)(F)c1cccc(CN2CCCC2c2nc3ccc(-c4ccncc4)cc3[nH]2)c1. The van der Waals surface area contributed by atoms with Crippen LogP contribution in [0.15, 0.2) is 67.0 Å². The monoisotopic (exact) mass is 422 g/mol. The van der Waals surface area contributed by atoms with Gasteiger partial charge < -0.3 is 4.98 Å². The van der Waals surface area contributed by atoms with E-state index in [1.54, 1.807) is 18.5 Å². The molecule has 1 aliphatic rings. The van der Waals surface area contributed by atoms with Crippen LogP contribution in [-0.2, 0) is 12.7 Å². The van der Waals surface area contributed by atoms with Crippen LogP contribution < -0.4 is 0 Å². The topological polar surface area (TPSA) is 44.8 Å². The highest BCUT2D eigenvalue weighted by atomic mass is 19.4. The summed E-state index contributed by atoms with van der Waals surface area (Å²) in [5, 5.41) is 0. The minimum atomic E-state index is -4.33. The number of likely N-dealkylation sites (tertiary alicyclic amines) is 1. The summed E-state index contributed by atoms with van der Waals surface area (Å²) in [4.78, 5) is 14.5. The van der Waals surface area contributed by atoms with Gasteiger partial charge in [-0.2, -0.15) is 13.2 Å². The summed E-state index contributed by atoms with van der Waals surface area (Å²) in [6, 6.07) is 15.7. The van der Waals surface area contributed by atoms with Crippen molar-refractivity contribution in [3.8, 4) is 11.1 Å². The lowest BCUT2D eigenvalue weighted by molar-refractivity contribution is -0.137. The van der Waals surface area contributed by atoms with Gasteiger partial charge in [0, 0.05) is 18.9 Å². The second kappa shape index (κ2) is 7.81. The molecule has 1 unspecified atom stereocenters. The number of rotatable bonds is 4. The first-order valence-corrected chi connectivity index (χ1v) is 10.3. The minimum Gasteiger partial charge on any atom is -0.341 e. The molecule has 2 aromatic carbocycles. The maximum Gasteiger partial charge on any atom is 0.416 e. The summed E-state index contributed by atoms with van der Waals surface area (Å²) < 4.78 is 39.2. The van der Waals surface area contributed by atoms with Crippen molar-refractivity contribution in [3.63, 3.8) is 0 Å². The van der Waals surface area contributed by atoms with Crippen molar-refractivity contribution in [2.24, 2.45) is 0 Å². The maximum atomic E-state index is 13.1. The Balaban J connectivity index is 1.40. The zero-order valence-corrected chi connectivity index (χ0v) is 16.7. The lowest BCUT2D eigenvalue weighted by atomic mass is 10.1. The molecule has 1 fully saturated rings. The van der Waals surface area contributed by atoms with Crippen LogP contribution in [0.4, 0.5) is 13.2 Å². The number of alkyl halides is 3. The fraction of sp³-hybridized carbons (Fsp3) is 0.250. The Labute approximate surface area is 177 Å². The van der Waals surface area contributed by atoms with Crippen molar-refractivity contribution in [2.45, 2.75) is 31.6 Å². The van der Waals surface area contributed by atoms with Crippen molar-refractivity contribution >= 4 is 11.0 Å². The lowest BCUT2D eigenvalue weighted by Crippen LogP contribution is -2.23. The zero-order valence-electron chi connectivity index (χ0n) is 16.7. The Morgan fingerprint density at radius 2 is 1.84 bits per heavy atom. The molecule has 0 aliphatic carbocycles. The first kappa shape index (κ1) is 19.8. The van der Waals surface area contributed by atoms with Crippen LogP contribution in [0.3, 0.4) is 0 Å². The van der Waals surface area contributed by atoms with Gasteiger partial charge in [0.2, 0.25) is 0 Å². The molecule has 0 spiro atoms. The van der Waals surface area contributed by atoms with E-state index < -0.39 is 11.7 Å². The molecule has 7 heteroatoms. The smallest absolute Gasteiger partial charge is 0.341 e. The average Bonchev–Trinajstić information content (AvgIpc) is 3.40. The number of nitrogens with one attached hydrogen (secondary N) is 1. The van der Waals surface area contributed by atoms with Gasteiger partial charge in [-0.25, -0.2) is 4.98 Å². The molecule has 158 valence electrons. The molecule has 4 nitrogen and oxygen atoms in total. The Hall–Kier alpha value is -3.19. The predicted molar refractivity (Wildman–Crippen MR) is 113 cm³/mol. The normalized spacial score (nSPS) is 17.5. The minimum absolute atomic E-state index is 0.0614. The number of H-pyrrole nitrogens is 1. The van der Waals surface area contributed by atoms with Crippen LogP contribution in [0, 0.1) is 0 Å².